The Hall–Kier alpha value is -2.84. The van der Waals surface area contributed by atoms with E-state index in [1.807, 2.05) is 24.3 Å². The van der Waals surface area contributed by atoms with Crippen LogP contribution in [0.25, 0.3) is 16.8 Å². The number of nitrogens with zero attached hydrogens (tertiary/aromatic N) is 5. The van der Waals surface area contributed by atoms with Crippen molar-refractivity contribution in [2.45, 2.75) is 24.3 Å². The largest absolute Gasteiger partial charge is 0.440 e. The van der Waals surface area contributed by atoms with Crippen LogP contribution in [0, 0.1) is 0 Å². The van der Waals surface area contributed by atoms with Crippen molar-refractivity contribution in [3.05, 3.63) is 60.0 Å². The monoisotopic (exact) mass is 421 g/mol. The van der Waals surface area contributed by atoms with Gasteiger partial charge in [0.1, 0.15) is 5.52 Å². The highest BCUT2D eigenvalue weighted by atomic mass is 32.2. The average Bonchev–Trinajstić information content (AvgIpc) is 3.42. The average molecular weight is 422 g/mol. The fourth-order valence-corrected chi connectivity index (χ4v) is 4.45. The number of thioether (sulfide) groups is 1. The molecule has 0 spiro atoms. The SMILES string of the molecule is CCc1ccccc1-n1c(SCc2nc3ccccc3o2)nnc1N1CCOCC1. The van der Waals surface area contributed by atoms with Gasteiger partial charge in [-0.2, -0.15) is 0 Å². The van der Waals surface area contributed by atoms with Gasteiger partial charge in [-0.25, -0.2) is 4.98 Å². The van der Waals surface area contributed by atoms with Crippen LogP contribution in [-0.2, 0) is 16.9 Å². The van der Waals surface area contributed by atoms with E-state index in [1.165, 1.54) is 5.56 Å². The van der Waals surface area contributed by atoms with E-state index in [4.69, 9.17) is 9.15 Å². The molecule has 1 aliphatic rings. The molecule has 5 rings (SSSR count). The zero-order valence-electron chi connectivity index (χ0n) is 16.8. The Morgan fingerprint density at radius 3 is 2.63 bits per heavy atom. The predicted molar refractivity (Wildman–Crippen MR) is 117 cm³/mol. The molecule has 0 atom stereocenters. The summed E-state index contributed by atoms with van der Waals surface area (Å²) in [7, 11) is 0. The number of oxazole rings is 1. The second-order valence-corrected chi connectivity index (χ2v) is 8.01. The lowest BCUT2D eigenvalue weighted by Crippen LogP contribution is -2.38. The van der Waals surface area contributed by atoms with Gasteiger partial charge in [0.05, 0.1) is 24.7 Å². The first-order valence-electron chi connectivity index (χ1n) is 10.2. The van der Waals surface area contributed by atoms with Crippen molar-refractivity contribution < 1.29 is 9.15 Å². The van der Waals surface area contributed by atoms with Gasteiger partial charge in [-0.05, 0) is 30.2 Å². The van der Waals surface area contributed by atoms with Gasteiger partial charge in [0, 0.05) is 13.1 Å². The van der Waals surface area contributed by atoms with Crippen LogP contribution in [0.2, 0.25) is 0 Å². The standard InChI is InChI=1S/C22H23N5O2S/c1-2-16-7-3-5-9-18(16)27-21(26-11-13-28-14-12-26)24-25-22(27)30-15-20-23-17-8-4-6-10-19(17)29-20/h3-10H,2,11-15H2,1H3. The molecule has 0 amide bonds. The first-order valence-corrected chi connectivity index (χ1v) is 11.2. The van der Waals surface area contributed by atoms with Crippen molar-refractivity contribution >= 4 is 28.8 Å². The molecular formula is C22H23N5O2S. The van der Waals surface area contributed by atoms with Gasteiger partial charge in [0.25, 0.3) is 0 Å². The minimum absolute atomic E-state index is 0.588. The Morgan fingerprint density at radius 2 is 1.80 bits per heavy atom. The first kappa shape index (κ1) is 19.1. The summed E-state index contributed by atoms with van der Waals surface area (Å²) in [5.74, 6) is 2.14. The number of rotatable bonds is 6. The molecule has 0 N–H and O–H groups in total. The molecule has 0 unspecified atom stereocenters. The van der Waals surface area contributed by atoms with Crippen molar-refractivity contribution in [3.8, 4) is 5.69 Å². The molecule has 3 heterocycles. The van der Waals surface area contributed by atoms with Crippen LogP contribution < -0.4 is 4.90 Å². The molecule has 1 aliphatic heterocycles. The van der Waals surface area contributed by atoms with Crippen LogP contribution in [0.4, 0.5) is 5.95 Å². The summed E-state index contributed by atoms with van der Waals surface area (Å²) in [6.07, 6.45) is 0.937. The van der Waals surface area contributed by atoms with Crippen LogP contribution in [0.15, 0.2) is 58.1 Å². The molecule has 154 valence electrons. The van der Waals surface area contributed by atoms with E-state index in [-0.39, 0.29) is 0 Å². The zero-order chi connectivity index (χ0) is 20.3. The number of aryl methyl sites for hydroxylation is 1. The highest BCUT2D eigenvalue weighted by molar-refractivity contribution is 7.98. The van der Waals surface area contributed by atoms with Gasteiger partial charge in [-0.1, -0.05) is 49.0 Å². The van der Waals surface area contributed by atoms with E-state index in [1.54, 1.807) is 11.8 Å². The molecule has 7 nitrogen and oxygen atoms in total. The summed E-state index contributed by atoms with van der Waals surface area (Å²) in [6.45, 7) is 5.19. The molecule has 2 aromatic heterocycles. The number of benzene rings is 2. The summed E-state index contributed by atoms with van der Waals surface area (Å²) < 4.78 is 13.6. The minimum atomic E-state index is 0.588. The Kier molecular flexibility index (Phi) is 5.42. The number of morpholine rings is 1. The lowest BCUT2D eigenvalue weighted by atomic mass is 10.1. The zero-order valence-corrected chi connectivity index (χ0v) is 17.6. The summed E-state index contributed by atoms with van der Waals surface area (Å²) >= 11 is 1.59. The Labute approximate surface area is 179 Å². The van der Waals surface area contributed by atoms with E-state index in [2.05, 4.69) is 55.8 Å². The van der Waals surface area contributed by atoms with Crippen LogP contribution in [0.5, 0.6) is 0 Å². The maximum Gasteiger partial charge on any atom is 0.232 e. The van der Waals surface area contributed by atoms with Crippen LogP contribution in [0.3, 0.4) is 0 Å². The molecule has 30 heavy (non-hydrogen) atoms. The van der Waals surface area contributed by atoms with E-state index in [9.17, 15) is 0 Å². The normalized spacial score (nSPS) is 14.5. The quantitative estimate of drug-likeness (QED) is 0.434. The Bertz CT molecular complexity index is 1120. The Morgan fingerprint density at radius 1 is 1.00 bits per heavy atom. The first-order chi connectivity index (χ1) is 14.8. The lowest BCUT2D eigenvalue weighted by molar-refractivity contribution is 0.122. The third kappa shape index (κ3) is 3.68. The van der Waals surface area contributed by atoms with Gasteiger partial charge in [-0.15, -0.1) is 10.2 Å². The van der Waals surface area contributed by atoms with Crippen molar-refractivity contribution in [3.63, 3.8) is 0 Å². The smallest absolute Gasteiger partial charge is 0.232 e. The fraction of sp³-hybridized carbons (Fsp3) is 0.318. The van der Waals surface area contributed by atoms with Crippen LogP contribution in [-0.4, -0.2) is 46.1 Å². The molecule has 0 saturated carbocycles. The van der Waals surface area contributed by atoms with Crippen LogP contribution in [0.1, 0.15) is 18.4 Å². The number of ether oxygens (including phenoxy) is 1. The number of hydrogen-bond acceptors (Lipinski definition) is 7. The predicted octanol–water partition coefficient (Wildman–Crippen LogP) is 4.10. The van der Waals surface area contributed by atoms with Crippen molar-refractivity contribution in [1.82, 2.24) is 19.7 Å². The third-order valence-corrected chi connectivity index (χ3v) is 6.10. The topological polar surface area (TPSA) is 69.2 Å². The van der Waals surface area contributed by atoms with E-state index < -0.39 is 0 Å². The summed E-state index contributed by atoms with van der Waals surface area (Å²) in [5, 5.41) is 9.93. The molecular weight excluding hydrogens is 398 g/mol. The van der Waals surface area contributed by atoms with Crippen molar-refractivity contribution in [2.24, 2.45) is 0 Å². The van der Waals surface area contributed by atoms with Gasteiger partial charge in [0.2, 0.25) is 11.8 Å². The van der Waals surface area contributed by atoms with Gasteiger partial charge in [-0.3, -0.25) is 4.57 Å². The van der Waals surface area contributed by atoms with Crippen LogP contribution >= 0.6 is 11.8 Å². The van der Waals surface area contributed by atoms with Gasteiger partial charge < -0.3 is 14.1 Å². The van der Waals surface area contributed by atoms with E-state index in [0.29, 0.717) is 24.9 Å². The summed E-state index contributed by atoms with van der Waals surface area (Å²) in [5.41, 5.74) is 4.06. The lowest BCUT2D eigenvalue weighted by Gasteiger charge is -2.28. The highest BCUT2D eigenvalue weighted by Crippen LogP contribution is 2.31. The summed E-state index contributed by atoms with van der Waals surface area (Å²) in [4.78, 5) is 6.83. The second-order valence-electron chi connectivity index (χ2n) is 7.06. The molecule has 1 saturated heterocycles. The van der Waals surface area contributed by atoms with Crippen molar-refractivity contribution in [1.29, 1.82) is 0 Å². The van der Waals surface area contributed by atoms with Gasteiger partial charge >= 0.3 is 0 Å². The molecule has 1 fully saturated rings. The summed E-state index contributed by atoms with van der Waals surface area (Å²) in [6, 6.07) is 16.3. The third-order valence-electron chi connectivity index (χ3n) is 5.19. The maximum absolute atomic E-state index is 5.89. The fourth-order valence-electron chi connectivity index (χ4n) is 3.67. The molecule has 8 heteroatoms. The molecule has 2 aromatic carbocycles. The highest BCUT2D eigenvalue weighted by Gasteiger charge is 2.23. The number of fused-ring (bicyclic) bond motifs is 1. The molecule has 4 aromatic rings. The maximum atomic E-state index is 5.89. The minimum Gasteiger partial charge on any atom is -0.440 e. The number of aromatic nitrogens is 4. The van der Waals surface area contributed by atoms with Crippen molar-refractivity contribution in [2.75, 3.05) is 31.2 Å². The number of para-hydroxylation sites is 3. The van der Waals surface area contributed by atoms with Gasteiger partial charge in [0.15, 0.2) is 10.7 Å². The second kappa shape index (κ2) is 8.49. The van der Waals surface area contributed by atoms with E-state index in [0.717, 1.165) is 47.4 Å². The Balaban J connectivity index is 1.50. The van der Waals surface area contributed by atoms with E-state index >= 15 is 0 Å². The number of hydrogen-bond donors (Lipinski definition) is 0. The number of anilines is 1. The molecule has 0 radical (unpaired) electrons. The molecule has 0 bridgehead atoms. The molecule has 0 aliphatic carbocycles.